The van der Waals surface area contributed by atoms with Crippen LogP contribution < -0.4 is 10.7 Å². The Morgan fingerprint density at radius 1 is 1.44 bits per heavy atom. The number of aromatic nitrogens is 1. The third-order valence-corrected chi connectivity index (χ3v) is 2.63. The molecular weight excluding hydrogens is 244 g/mol. The zero-order chi connectivity index (χ0) is 12.8. The van der Waals surface area contributed by atoms with Crippen molar-refractivity contribution in [3.05, 3.63) is 48.7 Å². The van der Waals surface area contributed by atoms with E-state index >= 15 is 0 Å². The molecule has 5 heteroatoms. The first-order valence-electron chi connectivity index (χ1n) is 5.55. The second-order valence-corrected chi connectivity index (χ2v) is 4.07. The van der Waals surface area contributed by atoms with Crippen LogP contribution in [0.25, 0.3) is 10.9 Å². The maximum atomic E-state index is 5.02. The van der Waals surface area contributed by atoms with Gasteiger partial charge in [0.05, 0.1) is 6.21 Å². The van der Waals surface area contributed by atoms with E-state index in [-0.39, 0.29) is 0 Å². The average molecular weight is 258 g/mol. The van der Waals surface area contributed by atoms with E-state index in [0.717, 1.165) is 16.5 Å². The van der Waals surface area contributed by atoms with Crippen molar-refractivity contribution in [3.8, 4) is 0 Å². The van der Waals surface area contributed by atoms with E-state index in [0.29, 0.717) is 11.7 Å². The fraction of sp³-hybridized carbons (Fsp3) is 0.0769. The Kier molecular flexibility index (Phi) is 4.09. The van der Waals surface area contributed by atoms with Crippen LogP contribution in [0.15, 0.2) is 48.2 Å². The molecule has 1 aromatic heterocycles. The highest BCUT2D eigenvalue weighted by atomic mass is 32.1. The predicted octanol–water partition coefficient (Wildman–Crippen LogP) is 2.15. The van der Waals surface area contributed by atoms with E-state index in [4.69, 9.17) is 12.2 Å². The van der Waals surface area contributed by atoms with E-state index in [1.165, 1.54) is 0 Å². The first-order chi connectivity index (χ1) is 8.81. The lowest BCUT2D eigenvalue weighted by molar-refractivity contribution is 0.942. The molecule has 0 fully saturated rings. The van der Waals surface area contributed by atoms with Crippen LogP contribution in [0.2, 0.25) is 0 Å². The summed E-state index contributed by atoms with van der Waals surface area (Å²) in [6.07, 6.45) is 5.38. The Morgan fingerprint density at radius 3 is 3.11 bits per heavy atom. The van der Waals surface area contributed by atoms with Gasteiger partial charge in [0.25, 0.3) is 0 Å². The van der Waals surface area contributed by atoms with E-state index in [9.17, 15) is 0 Å². The summed E-state index contributed by atoms with van der Waals surface area (Å²) in [4.78, 5) is 3.18. The van der Waals surface area contributed by atoms with Gasteiger partial charge in [-0.2, -0.15) is 5.10 Å². The average Bonchev–Trinajstić information content (AvgIpc) is 2.80. The molecule has 0 aliphatic rings. The Balaban J connectivity index is 2.01. The van der Waals surface area contributed by atoms with Crippen LogP contribution in [-0.4, -0.2) is 22.9 Å². The summed E-state index contributed by atoms with van der Waals surface area (Å²) >= 11 is 5.02. The number of fused-ring (bicyclic) bond motifs is 1. The van der Waals surface area contributed by atoms with Crippen molar-refractivity contribution < 1.29 is 0 Å². The van der Waals surface area contributed by atoms with Gasteiger partial charge in [0.15, 0.2) is 5.11 Å². The molecule has 18 heavy (non-hydrogen) atoms. The number of nitrogens with one attached hydrogen (secondary N) is 3. The molecule has 0 spiro atoms. The lowest BCUT2D eigenvalue weighted by Crippen LogP contribution is -2.31. The fourth-order valence-electron chi connectivity index (χ4n) is 1.57. The highest BCUT2D eigenvalue weighted by Gasteiger charge is 1.99. The molecule has 0 amide bonds. The first kappa shape index (κ1) is 12.3. The highest BCUT2D eigenvalue weighted by Crippen LogP contribution is 2.15. The number of nitrogens with zero attached hydrogens (tertiary/aromatic N) is 1. The molecule has 0 atom stereocenters. The van der Waals surface area contributed by atoms with E-state index < -0.39 is 0 Å². The summed E-state index contributed by atoms with van der Waals surface area (Å²) in [5, 5.41) is 8.62. The van der Waals surface area contributed by atoms with Crippen LogP contribution in [0.4, 0.5) is 0 Å². The number of H-pyrrole nitrogens is 1. The Bertz CT molecular complexity index is 585. The van der Waals surface area contributed by atoms with Gasteiger partial charge in [0.2, 0.25) is 0 Å². The van der Waals surface area contributed by atoms with Crippen LogP contribution in [0.1, 0.15) is 5.56 Å². The van der Waals surface area contributed by atoms with Crippen molar-refractivity contribution in [2.24, 2.45) is 5.10 Å². The molecule has 0 aliphatic carbocycles. The van der Waals surface area contributed by atoms with Gasteiger partial charge in [0.1, 0.15) is 0 Å². The minimum absolute atomic E-state index is 0.478. The molecule has 4 nitrogen and oxygen atoms in total. The summed E-state index contributed by atoms with van der Waals surface area (Å²) in [6, 6.07) is 8.06. The number of benzene rings is 1. The van der Waals surface area contributed by atoms with Crippen molar-refractivity contribution in [1.29, 1.82) is 0 Å². The van der Waals surface area contributed by atoms with Crippen molar-refractivity contribution in [2.45, 2.75) is 0 Å². The van der Waals surface area contributed by atoms with Crippen LogP contribution in [0, 0.1) is 0 Å². The molecule has 0 unspecified atom stereocenters. The SMILES string of the molecule is C=CCNC(=S)NN=Cc1c[nH]c2ccccc12. The fourth-order valence-corrected chi connectivity index (χ4v) is 1.70. The third kappa shape index (κ3) is 2.95. The van der Waals surface area contributed by atoms with Crippen LogP contribution in [0.5, 0.6) is 0 Å². The molecule has 2 rings (SSSR count). The zero-order valence-electron chi connectivity index (χ0n) is 9.81. The lowest BCUT2D eigenvalue weighted by atomic mass is 10.2. The molecule has 0 aliphatic heterocycles. The van der Waals surface area contributed by atoms with Gasteiger partial charge in [0, 0.05) is 29.2 Å². The molecule has 2 aromatic rings. The largest absolute Gasteiger partial charge is 0.361 e. The molecule has 92 valence electrons. The summed E-state index contributed by atoms with van der Waals surface area (Å²) in [5.41, 5.74) is 4.86. The van der Waals surface area contributed by atoms with Gasteiger partial charge in [-0.3, -0.25) is 5.43 Å². The Hall–Kier alpha value is -2.14. The molecular formula is C13H14N4S. The topological polar surface area (TPSA) is 52.2 Å². The van der Waals surface area contributed by atoms with Gasteiger partial charge in [-0.25, -0.2) is 0 Å². The maximum absolute atomic E-state index is 5.02. The molecule has 0 radical (unpaired) electrons. The number of rotatable bonds is 4. The summed E-state index contributed by atoms with van der Waals surface area (Å²) in [6.45, 7) is 4.21. The van der Waals surface area contributed by atoms with Crippen LogP contribution in [-0.2, 0) is 0 Å². The van der Waals surface area contributed by atoms with Crippen molar-refractivity contribution >= 4 is 34.4 Å². The van der Waals surface area contributed by atoms with Gasteiger partial charge < -0.3 is 10.3 Å². The number of hydrazone groups is 1. The van der Waals surface area contributed by atoms with Crippen molar-refractivity contribution in [3.63, 3.8) is 0 Å². The Morgan fingerprint density at radius 2 is 2.28 bits per heavy atom. The quantitative estimate of drug-likeness (QED) is 0.341. The van der Waals surface area contributed by atoms with Crippen molar-refractivity contribution in [2.75, 3.05) is 6.54 Å². The maximum Gasteiger partial charge on any atom is 0.187 e. The van der Waals surface area contributed by atoms with Crippen LogP contribution >= 0.6 is 12.2 Å². The lowest BCUT2D eigenvalue weighted by Gasteiger charge is -2.02. The van der Waals surface area contributed by atoms with Gasteiger partial charge >= 0.3 is 0 Å². The second-order valence-electron chi connectivity index (χ2n) is 3.66. The number of aromatic amines is 1. The number of hydrogen-bond acceptors (Lipinski definition) is 2. The summed E-state index contributed by atoms with van der Waals surface area (Å²) in [5.74, 6) is 0. The standard InChI is InChI=1S/C13H14N4S/c1-2-7-14-13(18)17-16-9-10-8-15-12-6-4-3-5-11(10)12/h2-6,8-9,15H,1,7H2,(H2,14,17,18). The third-order valence-electron chi connectivity index (χ3n) is 2.40. The van der Waals surface area contributed by atoms with Gasteiger partial charge in [-0.05, 0) is 18.3 Å². The monoisotopic (exact) mass is 258 g/mol. The highest BCUT2D eigenvalue weighted by molar-refractivity contribution is 7.80. The zero-order valence-corrected chi connectivity index (χ0v) is 10.6. The van der Waals surface area contributed by atoms with E-state index in [1.807, 2.05) is 30.5 Å². The van der Waals surface area contributed by atoms with E-state index in [2.05, 4.69) is 27.4 Å². The van der Waals surface area contributed by atoms with Gasteiger partial charge in [-0.15, -0.1) is 6.58 Å². The minimum atomic E-state index is 0.478. The van der Waals surface area contributed by atoms with Crippen molar-refractivity contribution in [1.82, 2.24) is 15.7 Å². The normalized spacial score (nSPS) is 10.7. The molecule has 1 heterocycles. The number of thiocarbonyl (C=S) groups is 1. The molecule has 0 bridgehead atoms. The molecule has 1 aromatic carbocycles. The van der Waals surface area contributed by atoms with E-state index in [1.54, 1.807) is 12.3 Å². The molecule has 3 N–H and O–H groups in total. The second kappa shape index (κ2) is 5.97. The minimum Gasteiger partial charge on any atom is -0.361 e. The predicted molar refractivity (Wildman–Crippen MR) is 79.8 cm³/mol. The summed E-state index contributed by atoms with van der Waals surface area (Å²) in [7, 11) is 0. The van der Waals surface area contributed by atoms with Crippen LogP contribution in [0.3, 0.4) is 0 Å². The smallest absolute Gasteiger partial charge is 0.187 e. The Labute approximate surface area is 111 Å². The molecule has 0 saturated heterocycles. The first-order valence-corrected chi connectivity index (χ1v) is 5.96. The molecule has 0 saturated carbocycles. The summed E-state index contributed by atoms with van der Waals surface area (Å²) < 4.78 is 0. The number of hydrogen-bond donors (Lipinski definition) is 3. The number of para-hydroxylation sites is 1. The van der Waals surface area contributed by atoms with Gasteiger partial charge in [-0.1, -0.05) is 24.3 Å².